The van der Waals surface area contributed by atoms with Crippen molar-refractivity contribution < 1.29 is 58.0 Å². The van der Waals surface area contributed by atoms with Gasteiger partial charge in [-0.1, -0.05) is 19.9 Å². The molecule has 16 heteroatoms. The maximum atomic E-state index is 13.5. The molecule has 0 aliphatic carbocycles. The summed E-state index contributed by atoms with van der Waals surface area (Å²) < 4.78 is 114. The summed E-state index contributed by atoms with van der Waals surface area (Å²) in [6, 6.07) is 1.77. The Balaban J connectivity index is 0.000000314. The number of amides is 2. The van der Waals surface area contributed by atoms with E-state index in [0.29, 0.717) is 18.7 Å². The smallest absolute Gasteiger partial charge is 0.443 e. The van der Waals surface area contributed by atoms with Gasteiger partial charge in [0.2, 0.25) is 5.88 Å². The maximum Gasteiger partial charge on any atom is 0.534 e. The molecule has 0 saturated heterocycles. The largest absolute Gasteiger partial charge is 0.534 e. The zero-order chi connectivity index (χ0) is 34.7. The van der Waals surface area contributed by atoms with Gasteiger partial charge in [-0.2, -0.15) is 21.6 Å². The molecular formula is C29H38F6N2O7S. The molecular weight excluding hydrogens is 634 g/mol. The highest BCUT2D eigenvalue weighted by molar-refractivity contribution is 7.87. The molecule has 1 aromatic rings. The molecule has 2 atom stereocenters. The summed E-state index contributed by atoms with van der Waals surface area (Å²) in [7, 11) is -5.84. The highest BCUT2D eigenvalue weighted by Crippen LogP contribution is 2.32. The van der Waals surface area contributed by atoms with Crippen molar-refractivity contribution in [1.82, 2.24) is 9.80 Å². The van der Waals surface area contributed by atoms with E-state index in [4.69, 9.17) is 9.47 Å². The third-order valence-electron chi connectivity index (χ3n) is 5.94. The van der Waals surface area contributed by atoms with Crippen LogP contribution >= 0.6 is 0 Å². The number of carbonyl (C=O) groups is 2. The Morgan fingerprint density at radius 2 is 1.20 bits per heavy atom. The van der Waals surface area contributed by atoms with Crippen LogP contribution in [0.5, 0.6) is 0 Å². The minimum atomic E-state index is -5.84. The number of rotatable bonds is 3. The molecule has 0 N–H and O–H groups in total. The fraction of sp³-hybridized carbons (Fsp3) is 0.586. The van der Waals surface area contributed by atoms with Crippen LogP contribution in [0.1, 0.15) is 73.8 Å². The summed E-state index contributed by atoms with van der Waals surface area (Å²) in [4.78, 5) is 26.5. The maximum absolute atomic E-state index is 13.5. The van der Waals surface area contributed by atoms with E-state index in [2.05, 4.69) is 4.18 Å². The van der Waals surface area contributed by atoms with Crippen molar-refractivity contribution >= 4 is 28.0 Å². The van der Waals surface area contributed by atoms with Gasteiger partial charge in [0.15, 0.2) is 17.5 Å². The van der Waals surface area contributed by atoms with Crippen LogP contribution in [0.4, 0.5) is 35.9 Å². The van der Waals surface area contributed by atoms with E-state index in [0.717, 1.165) is 23.1 Å². The summed E-state index contributed by atoms with van der Waals surface area (Å²) in [5, 5.41) is 0. The number of benzene rings is 1. The van der Waals surface area contributed by atoms with Crippen molar-refractivity contribution in [1.29, 1.82) is 0 Å². The standard InChI is InChI=1S/C17H20F3NO2.C12H18F3NO5S/c1-10-5-6-14(11-7-12(18)15(20)13(19)8-11)21(9-10)16(22)23-17(2,3)4;1-8-5-6-9(21-22(18,19)12(13,14)15)16(7-8)10(17)20-11(2,3)4/h6-8,10H,5,9H2,1-4H3;6,8H,5,7H2,1-4H3/t10-;8-/m00/s1. The van der Waals surface area contributed by atoms with E-state index in [1.807, 2.05) is 6.92 Å². The number of allylic oxidation sites excluding steroid dienone is 2. The normalized spacial score (nSPS) is 19.5. The van der Waals surface area contributed by atoms with Crippen molar-refractivity contribution in [2.24, 2.45) is 11.8 Å². The van der Waals surface area contributed by atoms with E-state index >= 15 is 0 Å². The molecule has 1 aromatic carbocycles. The topological polar surface area (TPSA) is 102 Å². The SMILES string of the molecule is C[C@H]1CC=C(OS(=O)(=O)C(F)(F)F)N(C(=O)OC(C)(C)C)C1.C[C@H]1CC=C(c2cc(F)c(F)c(F)c2)N(C(=O)OC(C)(C)C)C1. The molecule has 2 aliphatic rings. The molecule has 0 spiro atoms. The summed E-state index contributed by atoms with van der Waals surface area (Å²) >= 11 is 0. The fourth-order valence-corrected chi connectivity index (χ4v) is 4.46. The number of hydrogen-bond acceptors (Lipinski definition) is 7. The van der Waals surface area contributed by atoms with Gasteiger partial charge >= 0.3 is 27.8 Å². The predicted molar refractivity (Wildman–Crippen MR) is 152 cm³/mol. The Kier molecular flexibility index (Phi) is 11.7. The van der Waals surface area contributed by atoms with Crippen molar-refractivity contribution in [3.05, 3.63) is 53.2 Å². The third-order valence-corrected chi connectivity index (χ3v) is 6.90. The molecule has 45 heavy (non-hydrogen) atoms. The first-order valence-electron chi connectivity index (χ1n) is 13.9. The quantitative estimate of drug-likeness (QED) is 0.140. The van der Waals surface area contributed by atoms with Gasteiger partial charge in [-0.05, 0) is 84.4 Å². The molecule has 2 heterocycles. The number of alkyl halides is 3. The lowest BCUT2D eigenvalue weighted by atomic mass is 9.98. The molecule has 0 aromatic heterocycles. The zero-order valence-electron chi connectivity index (χ0n) is 26.2. The van der Waals surface area contributed by atoms with Gasteiger partial charge in [-0.25, -0.2) is 27.7 Å². The van der Waals surface area contributed by atoms with Crippen LogP contribution in [0.15, 0.2) is 30.2 Å². The van der Waals surface area contributed by atoms with Crippen LogP contribution in [0.25, 0.3) is 5.70 Å². The summed E-state index contributed by atoms with van der Waals surface area (Å²) in [6.45, 7) is 14.0. The molecule has 0 unspecified atom stereocenters. The third kappa shape index (κ3) is 10.9. The highest BCUT2D eigenvalue weighted by Gasteiger charge is 2.50. The minimum Gasteiger partial charge on any atom is -0.443 e. The number of ether oxygens (including phenoxy) is 2. The van der Waals surface area contributed by atoms with Crippen LogP contribution in [-0.4, -0.2) is 60.2 Å². The van der Waals surface area contributed by atoms with Crippen molar-refractivity contribution in [3.8, 4) is 0 Å². The number of halogens is 6. The molecule has 2 aliphatic heterocycles. The van der Waals surface area contributed by atoms with Crippen LogP contribution in [0.2, 0.25) is 0 Å². The zero-order valence-corrected chi connectivity index (χ0v) is 27.0. The second-order valence-electron chi connectivity index (χ2n) is 12.7. The summed E-state index contributed by atoms with van der Waals surface area (Å²) in [5.41, 5.74) is -6.71. The van der Waals surface area contributed by atoms with Crippen LogP contribution in [0.3, 0.4) is 0 Å². The predicted octanol–water partition coefficient (Wildman–Crippen LogP) is 7.69. The Labute approximate surface area is 258 Å². The highest BCUT2D eigenvalue weighted by atomic mass is 32.2. The number of nitrogens with zero attached hydrogens (tertiary/aromatic N) is 2. The molecule has 3 rings (SSSR count). The van der Waals surface area contributed by atoms with E-state index in [-0.39, 0.29) is 30.4 Å². The van der Waals surface area contributed by atoms with Crippen LogP contribution < -0.4 is 0 Å². The number of carbonyl (C=O) groups excluding carboxylic acids is 2. The van der Waals surface area contributed by atoms with E-state index in [1.165, 1.54) is 4.90 Å². The molecule has 0 radical (unpaired) electrons. The second kappa shape index (κ2) is 13.9. The van der Waals surface area contributed by atoms with E-state index < -0.39 is 62.3 Å². The van der Waals surface area contributed by atoms with E-state index in [1.54, 1.807) is 54.5 Å². The van der Waals surface area contributed by atoms with Gasteiger partial charge in [0.05, 0.1) is 5.70 Å². The van der Waals surface area contributed by atoms with Gasteiger partial charge in [0, 0.05) is 18.7 Å². The summed E-state index contributed by atoms with van der Waals surface area (Å²) in [5.74, 6) is -4.69. The number of hydrogen-bond donors (Lipinski definition) is 0. The lowest BCUT2D eigenvalue weighted by Crippen LogP contribution is -2.42. The van der Waals surface area contributed by atoms with Gasteiger partial charge < -0.3 is 13.7 Å². The van der Waals surface area contributed by atoms with Gasteiger partial charge in [-0.3, -0.25) is 4.90 Å². The monoisotopic (exact) mass is 672 g/mol. The first kappa shape index (κ1) is 37.8. The lowest BCUT2D eigenvalue weighted by molar-refractivity contribution is -0.0546. The van der Waals surface area contributed by atoms with Crippen molar-refractivity contribution in [3.63, 3.8) is 0 Å². The Hall–Kier alpha value is -3.43. The van der Waals surface area contributed by atoms with Crippen molar-refractivity contribution in [2.45, 2.75) is 84.9 Å². The average Bonchev–Trinajstić information content (AvgIpc) is 2.85. The molecule has 0 saturated carbocycles. The summed E-state index contributed by atoms with van der Waals surface area (Å²) in [6.07, 6.45) is 2.20. The Bertz CT molecular complexity index is 1410. The lowest BCUT2D eigenvalue weighted by Gasteiger charge is -2.34. The van der Waals surface area contributed by atoms with Gasteiger partial charge in [-0.15, -0.1) is 0 Å². The Morgan fingerprint density at radius 1 is 0.778 bits per heavy atom. The molecule has 254 valence electrons. The minimum absolute atomic E-state index is 0.00583. The molecule has 0 fully saturated rings. The van der Waals surface area contributed by atoms with Gasteiger partial charge in [0.1, 0.15) is 11.2 Å². The Morgan fingerprint density at radius 3 is 1.64 bits per heavy atom. The van der Waals surface area contributed by atoms with Crippen LogP contribution in [0, 0.1) is 29.3 Å². The first-order valence-corrected chi connectivity index (χ1v) is 15.3. The van der Waals surface area contributed by atoms with E-state index in [9.17, 15) is 44.3 Å². The average molecular weight is 673 g/mol. The fourth-order valence-electron chi connectivity index (χ4n) is 3.98. The van der Waals surface area contributed by atoms with Gasteiger partial charge in [0.25, 0.3) is 0 Å². The molecule has 2 amide bonds. The van der Waals surface area contributed by atoms with Crippen LogP contribution in [-0.2, 0) is 23.8 Å². The molecule has 0 bridgehead atoms. The first-order chi connectivity index (χ1) is 20.3. The van der Waals surface area contributed by atoms with Crippen molar-refractivity contribution in [2.75, 3.05) is 13.1 Å². The molecule has 9 nitrogen and oxygen atoms in total. The second-order valence-corrected chi connectivity index (χ2v) is 14.3.